The highest BCUT2D eigenvalue weighted by Gasteiger charge is 2.16. The second kappa shape index (κ2) is 5.52. The van der Waals surface area contributed by atoms with Crippen molar-refractivity contribution in [3.05, 3.63) is 29.3 Å². The molecule has 17 heavy (non-hydrogen) atoms. The zero-order valence-electron chi connectivity index (χ0n) is 11.0. The molecule has 1 aliphatic rings. The normalized spacial score (nSPS) is 21.5. The third-order valence-electron chi connectivity index (χ3n) is 3.38. The summed E-state index contributed by atoms with van der Waals surface area (Å²) in [6.07, 6.45) is 0.301. The van der Waals surface area contributed by atoms with Crippen molar-refractivity contribution in [3.63, 3.8) is 0 Å². The number of anilines is 1. The number of ether oxygens (including phenoxy) is 1. The highest BCUT2D eigenvalue weighted by atomic mass is 16.5. The van der Waals surface area contributed by atoms with Crippen molar-refractivity contribution in [2.24, 2.45) is 0 Å². The minimum Gasteiger partial charge on any atom is -0.382 e. The van der Waals surface area contributed by atoms with Gasteiger partial charge in [0, 0.05) is 25.3 Å². The van der Waals surface area contributed by atoms with Gasteiger partial charge >= 0.3 is 0 Å². The molecule has 0 radical (unpaired) electrons. The molecule has 1 atom stereocenters. The molecule has 0 aromatic heterocycles. The van der Waals surface area contributed by atoms with E-state index >= 15 is 0 Å². The van der Waals surface area contributed by atoms with E-state index in [0.29, 0.717) is 6.10 Å². The molecule has 1 saturated heterocycles. The first-order valence-electron chi connectivity index (χ1n) is 6.26. The summed E-state index contributed by atoms with van der Waals surface area (Å²) in [5.74, 6) is 0. The molecule has 0 saturated carbocycles. The van der Waals surface area contributed by atoms with Gasteiger partial charge in [0.2, 0.25) is 0 Å². The Bertz CT molecular complexity index is 378. The van der Waals surface area contributed by atoms with Gasteiger partial charge in [-0.3, -0.25) is 0 Å². The predicted molar refractivity (Wildman–Crippen MR) is 71.6 cm³/mol. The maximum atomic E-state index is 5.72. The number of likely N-dealkylation sites (N-methyl/N-ethyl adjacent to an activating group) is 1. The van der Waals surface area contributed by atoms with Crippen molar-refractivity contribution in [2.45, 2.75) is 20.0 Å². The van der Waals surface area contributed by atoms with Gasteiger partial charge in [0.1, 0.15) is 0 Å². The van der Waals surface area contributed by atoms with E-state index in [1.165, 1.54) is 16.8 Å². The van der Waals surface area contributed by atoms with E-state index in [4.69, 9.17) is 4.74 Å². The van der Waals surface area contributed by atoms with E-state index in [-0.39, 0.29) is 0 Å². The van der Waals surface area contributed by atoms with Crippen LogP contribution in [0, 0.1) is 13.8 Å². The minimum atomic E-state index is 0.301. The first kappa shape index (κ1) is 12.4. The van der Waals surface area contributed by atoms with Crippen LogP contribution in [0.15, 0.2) is 18.2 Å². The Balaban J connectivity index is 1.86. The van der Waals surface area contributed by atoms with E-state index < -0.39 is 0 Å². The third-order valence-corrected chi connectivity index (χ3v) is 3.38. The molecule has 3 nitrogen and oxygen atoms in total. The van der Waals surface area contributed by atoms with Crippen molar-refractivity contribution >= 4 is 5.69 Å². The molecule has 1 heterocycles. The van der Waals surface area contributed by atoms with Gasteiger partial charge in [0.15, 0.2) is 0 Å². The maximum Gasteiger partial charge on any atom is 0.0874 e. The Hall–Kier alpha value is -1.06. The van der Waals surface area contributed by atoms with Crippen molar-refractivity contribution in [1.29, 1.82) is 0 Å². The largest absolute Gasteiger partial charge is 0.382 e. The Morgan fingerprint density at radius 3 is 2.88 bits per heavy atom. The average Bonchev–Trinajstić information content (AvgIpc) is 2.31. The van der Waals surface area contributed by atoms with Crippen LogP contribution in [-0.4, -0.2) is 44.3 Å². The van der Waals surface area contributed by atoms with Crippen LogP contribution in [0.4, 0.5) is 5.69 Å². The molecule has 0 aliphatic carbocycles. The zero-order chi connectivity index (χ0) is 12.3. The smallest absolute Gasteiger partial charge is 0.0874 e. The van der Waals surface area contributed by atoms with Crippen LogP contribution in [0.3, 0.4) is 0 Å². The Kier molecular flexibility index (Phi) is 4.02. The molecule has 1 aromatic rings. The maximum absolute atomic E-state index is 5.72. The van der Waals surface area contributed by atoms with Crippen LogP contribution in [0.25, 0.3) is 0 Å². The van der Waals surface area contributed by atoms with Crippen LogP contribution >= 0.6 is 0 Å². The van der Waals surface area contributed by atoms with Gasteiger partial charge in [-0.15, -0.1) is 0 Å². The first-order chi connectivity index (χ1) is 8.15. The van der Waals surface area contributed by atoms with E-state index in [9.17, 15) is 0 Å². The summed E-state index contributed by atoms with van der Waals surface area (Å²) < 4.78 is 5.72. The van der Waals surface area contributed by atoms with Crippen LogP contribution in [-0.2, 0) is 4.74 Å². The molecule has 0 spiro atoms. The summed E-state index contributed by atoms with van der Waals surface area (Å²) in [6.45, 7) is 8.06. The van der Waals surface area contributed by atoms with Crippen LogP contribution < -0.4 is 5.32 Å². The van der Waals surface area contributed by atoms with Crippen molar-refractivity contribution in [1.82, 2.24) is 4.90 Å². The molecule has 1 aromatic carbocycles. The van der Waals surface area contributed by atoms with Crippen LogP contribution in [0.5, 0.6) is 0 Å². The first-order valence-corrected chi connectivity index (χ1v) is 6.26. The zero-order valence-corrected chi connectivity index (χ0v) is 11.0. The summed E-state index contributed by atoms with van der Waals surface area (Å²) in [5, 5.41) is 3.45. The van der Waals surface area contributed by atoms with E-state index in [1.54, 1.807) is 0 Å². The Morgan fingerprint density at radius 2 is 2.18 bits per heavy atom. The molecule has 94 valence electrons. The van der Waals surface area contributed by atoms with Gasteiger partial charge in [0.25, 0.3) is 0 Å². The summed E-state index contributed by atoms with van der Waals surface area (Å²) in [4.78, 5) is 2.32. The second-order valence-electron chi connectivity index (χ2n) is 4.93. The quantitative estimate of drug-likeness (QED) is 0.866. The molecule has 1 N–H and O–H groups in total. The Morgan fingerprint density at radius 1 is 1.35 bits per heavy atom. The fourth-order valence-electron chi connectivity index (χ4n) is 2.07. The summed E-state index contributed by atoms with van der Waals surface area (Å²) in [7, 11) is 2.14. The number of morpholine rings is 1. The van der Waals surface area contributed by atoms with E-state index in [2.05, 4.69) is 49.3 Å². The number of rotatable bonds is 3. The fourth-order valence-corrected chi connectivity index (χ4v) is 2.07. The molecule has 0 amide bonds. The van der Waals surface area contributed by atoms with Crippen LogP contribution in [0.1, 0.15) is 11.1 Å². The third kappa shape index (κ3) is 3.45. The molecule has 3 heteroatoms. The van der Waals surface area contributed by atoms with E-state index in [1.807, 2.05) is 0 Å². The second-order valence-corrected chi connectivity index (χ2v) is 4.93. The number of benzene rings is 1. The van der Waals surface area contributed by atoms with E-state index in [0.717, 1.165) is 26.2 Å². The van der Waals surface area contributed by atoms with Gasteiger partial charge in [-0.25, -0.2) is 0 Å². The molecule has 0 bridgehead atoms. The number of hydrogen-bond acceptors (Lipinski definition) is 3. The topological polar surface area (TPSA) is 24.5 Å². The Labute approximate surface area is 104 Å². The molecule has 1 aliphatic heterocycles. The minimum absolute atomic E-state index is 0.301. The summed E-state index contributed by atoms with van der Waals surface area (Å²) in [6, 6.07) is 6.49. The van der Waals surface area contributed by atoms with Gasteiger partial charge in [-0.2, -0.15) is 0 Å². The van der Waals surface area contributed by atoms with Crippen molar-refractivity contribution in [2.75, 3.05) is 38.6 Å². The number of nitrogens with one attached hydrogen (secondary N) is 1. The lowest BCUT2D eigenvalue weighted by atomic mass is 10.1. The fraction of sp³-hybridized carbons (Fsp3) is 0.571. The van der Waals surface area contributed by atoms with Gasteiger partial charge < -0.3 is 15.0 Å². The molecular formula is C14H22N2O. The monoisotopic (exact) mass is 234 g/mol. The molecule has 2 rings (SSSR count). The molecular weight excluding hydrogens is 212 g/mol. The lowest BCUT2D eigenvalue weighted by Gasteiger charge is -2.30. The number of aryl methyl sites for hydroxylation is 2. The summed E-state index contributed by atoms with van der Waals surface area (Å²) in [5.41, 5.74) is 3.85. The SMILES string of the molecule is Cc1ccc(NCC2CN(C)CCO2)cc1C. The van der Waals surface area contributed by atoms with Crippen molar-refractivity contribution < 1.29 is 4.74 Å². The molecule has 1 unspecified atom stereocenters. The van der Waals surface area contributed by atoms with Gasteiger partial charge in [-0.1, -0.05) is 6.07 Å². The summed E-state index contributed by atoms with van der Waals surface area (Å²) >= 11 is 0. The van der Waals surface area contributed by atoms with Crippen molar-refractivity contribution in [3.8, 4) is 0 Å². The number of nitrogens with zero attached hydrogens (tertiary/aromatic N) is 1. The highest BCUT2D eigenvalue weighted by molar-refractivity contribution is 5.48. The average molecular weight is 234 g/mol. The standard InChI is InChI=1S/C14H22N2O/c1-11-4-5-13(8-12(11)2)15-9-14-10-16(3)6-7-17-14/h4-5,8,14-15H,6-7,9-10H2,1-3H3. The lowest BCUT2D eigenvalue weighted by molar-refractivity contribution is -0.0117. The predicted octanol–water partition coefficient (Wildman–Crippen LogP) is 2.05. The van der Waals surface area contributed by atoms with Crippen LogP contribution in [0.2, 0.25) is 0 Å². The molecule has 1 fully saturated rings. The lowest BCUT2D eigenvalue weighted by Crippen LogP contribution is -2.43. The number of hydrogen-bond donors (Lipinski definition) is 1. The van der Waals surface area contributed by atoms with Gasteiger partial charge in [0.05, 0.1) is 12.7 Å². The highest BCUT2D eigenvalue weighted by Crippen LogP contribution is 2.14. The van der Waals surface area contributed by atoms with Gasteiger partial charge in [-0.05, 0) is 44.2 Å².